The highest BCUT2D eigenvalue weighted by atomic mass is 32.2. The van der Waals surface area contributed by atoms with Gasteiger partial charge in [-0.25, -0.2) is 9.37 Å². The molecular formula is C30H35FN4O3S2. The fourth-order valence-electron chi connectivity index (χ4n) is 4.80. The van der Waals surface area contributed by atoms with Crippen molar-refractivity contribution in [3.8, 4) is 11.4 Å². The number of carbonyl (C=O) groups is 1. The van der Waals surface area contributed by atoms with Gasteiger partial charge in [-0.2, -0.15) is 0 Å². The van der Waals surface area contributed by atoms with Crippen molar-refractivity contribution >= 4 is 30.3 Å². The van der Waals surface area contributed by atoms with Crippen LogP contribution >= 0.6 is 24.4 Å². The number of halogens is 1. The Kier molecular flexibility index (Phi) is 9.83. The number of nitrogens with one attached hydrogen (secondary N) is 1. The maximum atomic E-state index is 13.8. The van der Waals surface area contributed by atoms with E-state index in [9.17, 15) is 14.0 Å². The lowest BCUT2D eigenvalue weighted by molar-refractivity contribution is -0.131. The second-order valence-corrected chi connectivity index (χ2v) is 12.0. The van der Waals surface area contributed by atoms with Crippen molar-refractivity contribution < 1.29 is 13.9 Å². The number of hydrogen-bond acceptors (Lipinski definition) is 7. The van der Waals surface area contributed by atoms with Crippen molar-refractivity contribution in [1.29, 1.82) is 0 Å². The third-order valence-corrected chi connectivity index (χ3v) is 8.89. The van der Waals surface area contributed by atoms with Gasteiger partial charge in [0.2, 0.25) is 5.91 Å². The van der Waals surface area contributed by atoms with Gasteiger partial charge in [0.15, 0.2) is 5.16 Å². The smallest absolute Gasteiger partial charge is 0.264 e. The predicted octanol–water partition coefficient (Wildman–Crippen LogP) is 5.03. The molecule has 3 aromatic rings. The second-order valence-electron chi connectivity index (χ2n) is 10.3. The van der Waals surface area contributed by atoms with Crippen molar-refractivity contribution in [2.45, 2.75) is 66.8 Å². The number of hydrogen-bond donors (Lipinski definition) is 2. The van der Waals surface area contributed by atoms with E-state index in [1.165, 1.54) is 18.6 Å². The SMILES string of the molecule is O=C(CNCCCCCOc1ccc(F)cc1)N1CCc2nc(SC3CCC3)n(-c3cccc(S)c3)c(=O)c2C1. The quantitative estimate of drug-likeness (QED) is 0.177. The molecule has 1 aliphatic carbocycles. The van der Waals surface area contributed by atoms with E-state index in [-0.39, 0.29) is 30.4 Å². The molecule has 7 nitrogen and oxygen atoms in total. The van der Waals surface area contributed by atoms with E-state index in [4.69, 9.17) is 9.72 Å². The molecule has 1 N–H and O–H groups in total. The third-order valence-electron chi connectivity index (χ3n) is 7.32. The topological polar surface area (TPSA) is 76.5 Å². The van der Waals surface area contributed by atoms with Crippen LogP contribution in [0.3, 0.4) is 0 Å². The van der Waals surface area contributed by atoms with Crippen LogP contribution in [-0.2, 0) is 17.8 Å². The zero-order valence-corrected chi connectivity index (χ0v) is 24.2. The number of rotatable bonds is 12. The molecule has 1 aliphatic heterocycles. The summed E-state index contributed by atoms with van der Waals surface area (Å²) in [6.45, 7) is 2.37. The average molecular weight is 583 g/mol. The summed E-state index contributed by atoms with van der Waals surface area (Å²) in [6.07, 6.45) is 6.84. The van der Waals surface area contributed by atoms with Crippen LogP contribution in [0.1, 0.15) is 49.8 Å². The number of thioether (sulfide) groups is 1. The molecule has 2 heterocycles. The average Bonchev–Trinajstić information content (AvgIpc) is 2.93. The minimum absolute atomic E-state index is 0.0125. The Morgan fingerprint density at radius 1 is 1.15 bits per heavy atom. The van der Waals surface area contributed by atoms with Gasteiger partial charge < -0.3 is 15.0 Å². The van der Waals surface area contributed by atoms with Crippen LogP contribution in [0.25, 0.3) is 5.69 Å². The largest absolute Gasteiger partial charge is 0.494 e. The van der Waals surface area contributed by atoms with Crippen LogP contribution in [0, 0.1) is 5.82 Å². The highest BCUT2D eigenvalue weighted by Crippen LogP contribution is 2.36. The molecule has 0 spiro atoms. The van der Waals surface area contributed by atoms with Crippen molar-refractivity contribution in [2.24, 2.45) is 0 Å². The lowest BCUT2D eigenvalue weighted by Crippen LogP contribution is -2.44. The summed E-state index contributed by atoms with van der Waals surface area (Å²) in [5.74, 6) is 0.378. The Hall–Kier alpha value is -2.82. The van der Waals surface area contributed by atoms with E-state index in [0.29, 0.717) is 36.1 Å². The Balaban J connectivity index is 1.13. The first kappa shape index (κ1) is 28.7. The molecule has 1 saturated carbocycles. The highest BCUT2D eigenvalue weighted by Gasteiger charge is 2.28. The zero-order chi connectivity index (χ0) is 27.9. The molecule has 0 radical (unpaired) electrons. The predicted molar refractivity (Wildman–Crippen MR) is 158 cm³/mol. The summed E-state index contributed by atoms with van der Waals surface area (Å²) >= 11 is 6.16. The summed E-state index contributed by atoms with van der Waals surface area (Å²) < 4.78 is 20.3. The normalized spacial score (nSPS) is 15.0. The molecule has 0 unspecified atom stereocenters. The van der Waals surface area contributed by atoms with E-state index >= 15 is 0 Å². The van der Waals surface area contributed by atoms with E-state index in [1.807, 2.05) is 24.3 Å². The van der Waals surface area contributed by atoms with Crippen LogP contribution in [-0.4, -0.2) is 51.8 Å². The van der Waals surface area contributed by atoms with E-state index < -0.39 is 0 Å². The number of fused-ring (bicyclic) bond motifs is 1. The van der Waals surface area contributed by atoms with E-state index in [0.717, 1.165) is 60.1 Å². The molecule has 1 fully saturated rings. The minimum Gasteiger partial charge on any atom is -0.494 e. The number of amides is 1. The van der Waals surface area contributed by atoms with Gasteiger partial charge in [-0.05, 0) is 81.1 Å². The zero-order valence-electron chi connectivity index (χ0n) is 22.5. The van der Waals surface area contributed by atoms with Crippen LogP contribution < -0.4 is 15.6 Å². The monoisotopic (exact) mass is 582 g/mol. The van der Waals surface area contributed by atoms with Gasteiger partial charge in [0.25, 0.3) is 5.56 Å². The molecule has 40 heavy (non-hydrogen) atoms. The summed E-state index contributed by atoms with van der Waals surface area (Å²) in [6, 6.07) is 13.6. The van der Waals surface area contributed by atoms with Crippen molar-refractivity contribution in [2.75, 3.05) is 26.2 Å². The third kappa shape index (κ3) is 7.27. The van der Waals surface area contributed by atoms with Gasteiger partial charge in [0.05, 0.1) is 36.6 Å². The Morgan fingerprint density at radius 3 is 2.73 bits per heavy atom. The molecule has 5 rings (SSSR count). The lowest BCUT2D eigenvalue weighted by Gasteiger charge is -2.30. The first-order valence-corrected chi connectivity index (χ1v) is 15.3. The fourth-order valence-corrected chi connectivity index (χ4v) is 6.34. The fraction of sp³-hybridized carbons (Fsp3) is 0.433. The van der Waals surface area contributed by atoms with Gasteiger partial charge in [-0.3, -0.25) is 14.2 Å². The van der Waals surface area contributed by atoms with Crippen LogP contribution in [0.2, 0.25) is 0 Å². The summed E-state index contributed by atoms with van der Waals surface area (Å²) in [5, 5.41) is 4.46. The second kappa shape index (κ2) is 13.7. The van der Waals surface area contributed by atoms with Crippen LogP contribution in [0.15, 0.2) is 63.4 Å². The standard InChI is InChI=1S/C30H35FN4O3S2/c31-21-10-12-23(13-11-21)38-17-3-1-2-15-32-19-28(36)34-16-14-27-26(20-34)29(37)35(22-6-4-7-24(39)18-22)30(33-27)40-25-8-5-9-25/h4,6-7,10-13,18,25,32,39H,1-3,5,8-9,14-17,19-20H2. The van der Waals surface area contributed by atoms with Crippen molar-refractivity contribution in [3.63, 3.8) is 0 Å². The van der Waals surface area contributed by atoms with Gasteiger partial charge in [-0.1, -0.05) is 24.2 Å². The molecule has 1 aromatic heterocycles. The van der Waals surface area contributed by atoms with Crippen molar-refractivity contribution in [3.05, 3.63) is 76.0 Å². The molecule has 2 aliphatic rings. The number of benzene rings is 2. The van der Waals surface area contributed by atoms with Crippen LogP contribution in [0.5, 0.6) is 5.75 Å². The first-order chi connectivity index (χ1) is 19.5. The summed E-state index contributed by atoms with van der Waals surface area (Å²) in [4.78, 5) is 34.3. The Bertz CT molecular complexity index is 1380. The Morgan fingerprint density at radius 2 is 1.98 bits per heavy atom. The Labute approximate surface area is 243 Å². The van der Waals surface area contributed by atoms with Gasteiger partial charge in [0.1, 0.15) is 11.6 Å². The summed E-state index contributed by atoms with van der Waals surface area (Å²) in [5.41, 5.74) is 2.06. The molecule has 0 saturated heterocycles. The molecule has 10 heteroatoms. The highest BCUT2D eigenvalue weighted by molar-refractivity contribution is 7.99. The number of unbranched alkanes of at least 4 members (excludes halogenated alkanes) is 2. The molecule has 1 amide bonds. The first-order valence-electron chi connectivity index (χ1n) is 14.0. The number of thiol groups is 1. The van der Waals surface area contributed by atoms with E-state index in [1.54, 1.807) is 33.4 Å². The van der Waals surface area contributed by atoms with Gasteiger partial charge >= 0.3 is 0 Å². The summed E-state index contributed by atoms with van der Waals surface area (Å²) in [7, 11) is 0. The maximum Gasteiger partial charge on any atom is 0.264 e. The van der Waals surface area contributed by atoms with Crippen molar-refractivity contribution in [1.82, 2.24) is 19.8 Å². The number of carbonyl (C=O) groups excluding carboxylic acids is 1. The maximum absolute atomic E-state index is 13.8. The minimum atomic E-state index is -0.275. The molecule has 2 aromatic carbocycles. The number of nitrogens with zero attached hydrogens (tertiary/aromatic N) is 3. The van der Waals surface area contributed by atoms with Crippen LogP contribution in [0.4, 0.5) is 4.39 Å². The molecule has 0 atom stereocenters. The number of ether oxygens (including phenoxy) is 1. The molecule has 212 valence electrons. The molecular weight excluding hydrogens is 547 g/mol. The van der Waals surface area contributed by atoms with Gasteiger partial charge in [-0.15, -0.1) is 12.6 Å². The van der Waals surface area contributed by atoms with Gasteiger partial charge in [0, 0.05) is 23.1 Å². The lowest BCUT2D eigenvalue weighted by atomic mass is 10.0. The van der Waals surface area contributed by atoms with E-state index in [2.05, 4.69) is 17.9 Å². The number of aromatic nitrogens is 2. The molecule has 0 bridgehead atoms.